The van der Waals surface area contributed by atoms with Gasteiger partial charge in [-0.2, -0.15) is 5.10 Å². The molecule has 1 aromatic carbocycles. The lowest BCUT2D eigenvalue weighted by Crippen LogP contribution is -2.31. The van der Waals surface area contributed by atoms with Crippen LogP contribution in [-0.4, -0.2) is 48.9 Å². The third-order valence-electron chi connectivity index (χ3n) is 4.27. The first kappa shape index (κ1) is 21.2. The molecule has 0 saturated heterocycles. The number of thioether (sulfide) groups is 1. The summed E-state index contributed by atoms with van der Waals surface area (Å²) in [7, 11) is 1.80. The predicted molar refractivity (Wildman–Crippen MR) is 115 cm³/mol. The van der Waals surface area contributed by atoms with Gasteiger partial charge in [-0.15, -0.1) is 0 Å². The smallest absolute Gasteiger partial charge is 0.278 e. The fourth-order valence-electron chi connectivity index (χ4n) is 2.82. The molecule has 0 atom stereocenters. The van der Waals surface area contributed by atoms with Gasteiger partial charge in [0.2, 0.25) is 5.91 Å². The minimum atomic E-state index is -0.506. The maximum Gasteiger partial charge on any atom is 0.278 e. The van der Waals surface area contributed by atoms with Crippen LogP contribution in [0.3, 0.4) is 0 Å². The molecule has 1 aliphatic heterocycles. The summed E-state index contributed by atoms with van der Waals surface area (Å²) in [5.41, 5.74) is 2.30. The van der Waals surface area contributed by atoms with Crippen molar-refractivity contribution >= 4 is 46.2 Å². The van der Waals surface area contributed by atoms with Crippen molar-refractivity contribution in [3.63, 3.8) is 0 Å². The molecule has 0 saturated carbocycles. The van der Waals surface area contributed by atoms with Crippen LogP contribution in [-0.2, 0) is 16.6 Å². The molecule has 0 spiro atoms. The van der Waals surface area contributed by atoms with Crippen LogP contribution in [0, 0.1) is 17.0 Å². The number of anilines is 1. The van der Waals surface area contributed by atoms with Gasteiger partial charge in [-0.05, 0) is 32.1 Å². The normalized spacial score (nSPS) is 14.9. The van der Waals surface area contributed by atoms with Gasteiger partial charge in [0, 0.05) is 43.2 Å². The van der Waals surface area contributed by atoms with E-state index in [1.165, 1.54) is 29.2 Å². The van der Waals surface area contributed by atoms with Crippen molar-refractivity contribution in [2.75, 3.05) is 17.6 Å². The largest absolute Gasteiger partial charge is 0.325 e. The molecule has 2 heterocycles. The van der Waals surface area contributed by atoms with Crippen LogP contribution in [0.2, 0.25) is 0 Å². The van der Waals surface area contributed by atoms with Gasteiger partial charge in [-0.3, -0.25) is 29.3 Å². The number of likely N-dealkylation sites (N-methyl/N-ethyl adjacent to an activating group) is 1. The Kier molecular flexibility index (Phi) is 6.31. The van der Waals surface area contributed by atoms with Gasteiger partial charge < -0.3 is 5.32 Å². The Hall–Kier alpha value is -3.47. The number of amidine groups is 1. The van der Waals surface area contributed by atoms with E-state index in [9.17, 15) is 19.7 Å². The van der Waals surface area contributed by atoms with Gasteiger partial charge in [0.15, 0.2) is 5.17 Å². The molecule has 1 N–H and O–H groups in total. The van der Waals surface area contributed by atoms with Crippen LogP contribution in [0.15, 0.2) is 41.2 Å². The van der Waals surface area contributed by atoms with E-state index in [-0.39, 0.29) is 23.3 Å². The zero-order valence-corrected chi connectivity index (χ0v) is 17.5. The number of aryl methyl sites for hydroxylation is 2. The average Bonchev–Trinajstić information content (AvgIpc) is 3.18. The molecule has 0 fully saturated rings. The van der Waals surface area contributed by atoms with Crippen LogP contribution in [0.5, 0.6) is 0 Å². The first-order chi connectivity index (χ1) is 14.3. The summed E-state index contributed by atoms with van der Waals surface area (Å²) in [4.78, 5) is 41.0. The molecule has 0 bridgehead atoms. The summed E-state index contributed by atoms with van der Waals surface area (Å²) in [6, 6.07) is 5.57. The highest BCUT2D eigenvalue weighted by Gasteiger charge is 2.30. The van der Waals surface area contributed by atoms with Gasteiger partial charge in [0.1, 0.15) is 5.70 Å². The highest BCUT2D eigenvalue weighted by atomic mass is 32.2. The molecule has 10 nitrogen and oxygen atoms in total. The number of rotatable bonds is 6. The number of amides is 2. The van der Waals surface area contributed by atoms with Crippen LogP contribution in [0.25, 0.3) is 6.08 Å². The van der Waals surface area contributed by atoms with Crippen molar-refractivity contribution in [2.45, 2.75) is 13.8 Å². The van der Waals surface area contributed by atoms with E-state index >= 15 is 0 Å². The molecule has 0 radical (unpaired) electrons. The van der Waals surface area contributed by atoms with E-state index in [0.29, 0.717) is 23.1 Å². The second-order valence-electron chi connectivity index (χ2n) is 6.46. The fourth-order valence-corrected chi connectivity index (χ4v) is 3.68. The molecule has 0 unspecified atom stereocenters. The number of nitrogens with one attached hydrogen (secondary N) is 1. The molecule has 30 heavy (non-hydrogen) atoms. The maximum absolute atomic E-state index is 12.6. The SMILES string of the molecule is CCN1C(=O)/C(=C\c2cn(C)nc2C)N=C1SCC(=O)Nc1ccc([N+](=O)[O-])cc1. The number of nitro groups is 1. The molecule has 3 rings (SSSR count). The molecule has 156 valence electrons. The molecule has 0 aliphatic carbocycles. The van der Waals surface area contributed by atoms with Crippen molar-refractivity contribution < 1.29 is 14.5 Å². The van der Waals surface area contributed by atoms with E-state index in [2.05, 4.69) is 15.4 Å². The number of carbonyl (C=O) groups is 2. The number of aromatic nitrogens is 2. The number of non-ortho nitro benzene ring substituents is 1. The van der Waals surface area contributed by atoms with Gasteiger partial charge in [0.05, 0.1) is 16.4 Å². The lowest BCUT2D eigenvalue weighted by atomic mass is 10.2. The average molecular weight is 428 g/mol. The van der Waals surface area contributed by atoms with Crippen LogP contribution in [0.1, 0.15) is 18.2 Å². The highest BCUT2D eigenvalue weighted by Crippen LogP contribution is 2.24. The van der Waals surface area contributed by atoms with Crippen molar-refractivity contribution in [3.8, 4) is 0 Å². The van der Waals surface area contributed by atoms with Crippen molar-refractivity contribution in [3.05, 3.63) is 57.5 Å². The van der Waals surface area contributed by atoms with Crippen molar-refractivity contribution in [2.24, 2.45) is 12.0 Å². The standard InChI is InChI=1S/C19H20N6O4S/c1-4-24-18(27)16(9-13-10-23(3)22-12(13)2)21-19(24)30-11-17(26)20-14-5-7-15(8-6-14)25(28)29/h5-10H,4,11H2,1-3H3,(H,20,26)/b16-9+. The fraction of sp³-hybridized carbons (Fsp3) is 0.263. The quantitative estimate of drug-likeness (QED) is 0.429. The highest BCUT2D eigenvalue weighted by molar-refractivity contribution is 8.14. The second-order valence-corrected chi connectivity index (χ2v) is 7.40. The van der Waals surface area contributed by atoms with Crippen molar-refractivity contribution in [1.29, 1.82) is 0 Å². The first-order valence-electron chi connectivity index (χ1n) is 9.08. The minimum absolute atomic E-state index is 0.0405. The summed E-state index contributed by atoms with van der Waals surface area (Å²) in [5, 5.41) is 18.1. The monoisotopic (exact) mass is 428 g/mol. The predicted octanol–water partition coefficient (Wildman–Crippen LogP) is 2.57. The summed E-state index contributed by atoms with van der Waals surface area (Å²) >= 11 is 1.15. The summed E-state index contributed by atoms with van der Waals surface area (Å²) in [6.45, 7) is 4.12. The molecule has 1 aliphatic rings. The van der Waals surface area contributed by atoms with Gasteiger partial charge in [-0.25, -0.2) is 4.99 Å². The Morgan fingerprint density at radius 3 is 2.60 bits per heavy atom. The van der Waals surface area contributed by atoms with Crippen LogP contribution < -0.4 is 5.32 Å². The Balaban J connectivity index is 1.66. The lowest BCUT2D eigenvalue weighted by Gasteiger charge is -2.14. The molecular weight excluding hydrogens is 408 g/mol. The summed E-state index contributed by atoms with van der Waals surface area (Å²) < 4.78 is 1.67. The Morgan fingerprint density at radius 1 is 1.33 bits per heavy atom. The van der Waals surface area contributed by atoms with Gasteiger partial charge in [-0.1, -0.05) is 11.8 Å². The number of benzene rings is 1. The zero-order valence-electron chi connectivity index (χ0n) is 16.7. The summed E-state index contributed by atoms with van der Waals surface area (Å²) in [6.07, 6.45) is 3.50. The molecular formula is C19H20N6O4S. The van der Waals surface area contributed by atoms with E-state index in [4.69, 9.17) is 0 Å². The zero-order chi connectivity index (χ0) is 21.8. The number of carbonyl (C=O) groups excluding carboxylic acids is 2. The topological polar surface area (TPSA) is 123 Å². The van der Waals surface area contributed by atoms with E-state index in [1.807, 2.05) is 20.0 Å². The first-order valence-corrected chi connectivity index (χ1v) is 10.1. The molecule has 11 heteroatoms. The number of nitrogens with zero attached hydrogens (tertiary/aromatic N) is 5. The van der Waals surface area contributed by atoms with E-state index in [0.717, 1.165) is 23.0 Å². The van der Waals surface area contributed by atoms with Crippen LogP contribution in [0.4, 0.5) is 11.4 Å². The van der Waals surface area contributed by atoms with Crippen molar-refractivity contribution in [1.82, 2.24) is 14.7 Å². The van der Waals surface area contributed by atoms with E-state index in [1.54, 1.807) is 17.8 Å². The third kappa shape index (κ3) is 4.74. The minimum Gasteiger partial charge on any atom is -0.325 e. The Labute approximate surface area is 176 Å². The number of nitro benzene ring substituents is 1. The number of hydrogen-bond acceptors (Lipinski definition) is 7. The Morgan fingerprint density at radius 2 is 2.03 bits per heavy atom. The van der Waals surface area contributed by atoms with Gasteiger partial charge >= 0.3 is 0 Å². The summed E-state index contributed by atoms with van der Waals surface area (Å²) in [5.74, 6) is -0.488. The molecule has 2 amide bonds. The number of aliphatic imine (C=N–C) groups is 1. The molecule has 1 aromatic heterocycles. The lowest BCUT2D eigenvalue weighted by molar-refractivity contribution is -0.384. The molecule has 2 aromatic rings. The maximum atomic E-state index is 12.6. The number of hydrogen-bond donors (Lipinski definition) is 1. The third-order valence-corrected chi connectivity index (χ3v) is 5.24. The van der Waals surface area contributed by atoms with E-state index < -0.39 is 4.92 Å². The van der Waals surface area contributed by atoms with Crippen LogP contribution >= 0.6 is 11.8 Å². The second kappa shape index (κ2) is 8.91. The van der Waals surface area contributed by atoms with Gasteiger partial charge in [0.25, 0.3) is 11.6 Å². The Bertz CT molecular complexity index is 1060.